The molecule has 0 aliphatic carbocycles. The molecule has 0 radical (unpaired) electrons. The summed E-state index contributed by atoms with van der Waals surface area (Å²) in [6.45, 7) is 11.9. The average Bonchev–Trinajstić information content (AvgIpc) is 3.36. The molecule has 0 unspecified atom stereocenters. The zero-order chi connectivity index (χ0) is 25.4. The Morgan fingerprint density at radius 1 is 1.19 bits per heavy atom. The van der Waals surface area contributed by atoms with Gasteiger partial charge in [0.05, 0.1) is 17.9 Å². The third-order valence-corrected chi connectivity index (χ3v) is 7.43. The molecule has 1 fully saturated rings. The molecule has 7 nitrogen and oxygen atoms in total. The van der Waals surface area contributed by atoms with Gasteiger partial charge in [0.1, 0.15) is 11.6 Å². The van der Waals surface area contributed by atoms with Gasteiger partial charge < -0.3 is 14.8 Å². The van der Waals surface area contributed by atoms with Gasteiger partial charge in [-0.3, -0.25) is 14.7 Å². The molecule has 8 heteroatoms. The molecule has 1 amide bonds. The largest absolute Gasteiger partial charge is 0.334 e. The third-order valence-electron chi connectivity index (χ3n) is 7.43. The predicted octanol–water partition coefficient (Wildman–Crippen LogP) is 3.30. The Bertz CT molecular complexity index is 1240. The molecule has 0 saturated carbocycles. The lowest BCUT2D eigenvalue weighted by Gasteiger charge is -2.40. The van der Waals surface area contributed by atoms with Gasteiger partial charge in [0, 0.05) is 62.3 Å². The number of halogens is 1. The average molecular weight is 491 g/mol. The second-order valence-corrected chi connectivity index (χ2v) is 10.9. The maximum Gasteiger partial charge on any atom is 0.241 e. The van der Waals surface area contributed by atoms with E-state index in [0.717, 1.165) is 48.0 Å². The minimum Gasteiger partial charge on any atom is -0.334 e. The first-order chi connectivity index (χ1) is 17.2. The van der Waals surface area contributed by atoms with Crippen molar-refractivity contribution in [2.24, 2.45) is 0 Å². The van der Waals surface area contributed by atoms with Crippen LogP contribution in [0.15, 0.2) is 48.9 Å². The molecule has 2 atom stereocenters. The summed E-state index contributed by atoms with van der Waals surface area (Å²) < 4.78 is 15.5. The van der Waals surface area contributed by atoms with Gasteiger partial charge in [-0.25, -0.2) is 9.37 Å². The van der Waals surface area contributed by atoms with Gasteiger partial charge in [0.25, 0.3) is 0 Å². The van der Waals surface area contributed by atoms with E-state index in [9.17, 15) is 9.18 Å². The summed E-state index contributed by atoms with van der Waals surface area (Å²) in [5.41, 5.74) is 3.66. The fourth-order valence-electron chi connectivity index (χ4n) is 5.42. The van der Waals surface area contributed by atoms with Gasteiger partial charge in [-0.1, -0.05) is 26.0 Å². The van der Waals surface area contributed by atoms with Crippen molar-refractivity contribution in [1.82, 2.24) is 24.8 Å². The first-order valence-electron chi connectivity index (χ1n) is 12.7. The Labute approximate surface area is 212 Å². The number of carbonyl (C=O) groups excluding carboxylic acids is 1. The number of fused-ring (bicyclic) bond motifs is 1. The van der Waals surface area contributed by atoms with Crippen LogP contribution in [0.5, 0.6) is 0 Å². The number of pyridine rings is 1. The van der Waals surface area contributed by atoms with Crippen LogP contribution in [0.3, 0.4) is 0 Å². The van der Waals surface area contributed by atoms with E-state index in [1.807, 2.05) is 30.4 Å². The number of nitrogens with zero attached hydrogens (tertiary/aromatic N) is 5. The summed E-state index contributed by atoms with van der Waals surface area (Å²) in [5, 5.41) is 3.57. The first kappa shape index (κ1) is 24.6. The lowest BCUT2D eigenvalue weighted by Crippen LogP contribution is -2.59. The normalized spacial score (nSPS) is 21.5. The number of imidazole rings is 1. The SMILES string of the molecule is Cc1nccn1C[C@H]1CN[C@H](C)CN1CC(=O)N1CC(C)(C)c2ncc(Cc3ccc(F)cc3)cc21. The van der Waals surface area contributed by atoms with Crippen molar-refractivity contribution in [3.63, 3.8) is 0 Å². The van der Waals surface area contributed by atoms with E-state index < -0.39 is 0 Å². The summed E-state index contributed by atoms with van der Waals surface area (Å²) in [7, 11) is 0. The quantitative estimate of drug-likeness (QED) is 0.574. The van der Waals surface area contributed by atoms with Crippen molar-refractivity contribution in [3.05, 3.63) is 77.4 Å². The number of rotatable bonds is 6. The lowest BCUT2D eigenvalue weighted by atomic mass is 9.91. The van der Waals surface area contributed by atoms with Crippen molar-refractivity contribution in [2.75, 3.05) is 31.1 Å². The topological polar surface area (TPSA) is 66.3 Å². The predicted molar refractivity (Wildman–Crippen MR) is 139 cm³/mol. The Morgan fingerprint density at radius 3 is 2.69 bits per heavy atom. The van der Waals surface area contributed by atoms with Crippen LogP contribution in [0.4, 0.5) is 10.1 Å². The van der Waals surface area contributed by atoms with Crippen molar-refractivity contribution in [1.29, 1.82) is 0 Å². The number of anilines is 1. The molecule has 190 valence electrons. The first-order valence-corrected chi connectivity index (χ1v) is 12.7. The number of carbonyl (C=O) groups is 1. The number of piperazine rings is 1. The van der Waals surface area contributed by atoms with E-state index in [-0.39, 0.29) is 23.2 Å². The molecular weight excluding hydrogens is 455 g/mol. The molecule has 4 heterocycles. The van der Waals surface area contributed by atoms with Gasteiger partial charge in [-0.15, -0.1) is 0 Å². The van der Waals surface area contributed by atoms with Crippen molar-refractivity contribution >= 4 is 11.6 Å². The van der Waals surface area contributed by atoms with E-state index in [0.29, 0.717) is 25.6 Å². The molecule has 1 aromatic carbocycles. The van der Waals surface area contributed by atoms with Gasteiger partial charge in [-0.05, 0) is 49.6 Å². The number of hydrogen-bond donors (Lipinski definition) is 1. The number of aromatic nitrogens is 3. The summed E-state index contributed by atoms with van der Waals surface area (Å²) >= 11 is 0. The van der Waals surface area contributed by atoms with Gasteiger partial charge in [0.2, 0.25) is 5.91 Å². The molecule has 36 heavy (non-hydrogen) atoms. The Hall–Kier alpha value is -3.10. The summed E-state index contributed by atoms with van der Waals surface area (Å²) in [6, 6.07) is 9.16. The van der Waals surface area contributed by atoms with Crippen LogP contribution >= 0.6 is 0 Å². The van der Waals surface area contributed by atoms with Crippen molar-refractivity contribution in [2.45, 2.75) is 58.2 Å². The van der Waals surface area contributed by atoms with Crippen LogP contribution in [0.2, 0.25) is 0 Å². The monoisotopic (exact) mass is 490 g/mol. The number of nitrogens with one attached hydrogen (secondary N) is 1. The molecule has 1 saturated heterocycles. The van der Waals surface area contributed by atoms with Gasteiger partial charge in [0.15, 0.2) is 0 Å². The van der Waals surface area contributed by atoms with Crippen LogP contribution in [0.25, 0.3) is 0 Å². The molecule has 2 aromatic heterocycles. The van der Waals surface area contributed by atoms with E-state index in [1.54, 1.807) is 12.1 Å². The zero-order valence-corrected chi connectivity index (χ0v) is 21.5. The molecule has 3 aromatic rings. The van der Waals surface area contributed by atoms with Gasteiger partial charge >= 0.3 is 0 Å². The standard InChI is InChI=1S/C28H35FN6O/c1-19-15-34(24(14-31-19)16-33-10-9-30-20(33)2)17-26(36)35-18-28(3,4)27-25(35)12-22(13-32-27)11-21-5-7-23(29)8-6-21/h5-10,12-13,19,24,31H,11,14-18H2,1-4H3/t19-,24-/m1/s1. The number of hydrogen-bond acceptors (Lipinski definition) is 5. The summed E-state index contributed by atoms with van der Waals surface area (Å²) in [4.78, 5) is 27.1. The highest BCUT2D eigenvalue weighted by molar-refractivity contribution is 5.97. The smallest absolute Gasteiger partial charge is 0.241 e. The fourth-order valence-corrected chi connectivity index (χ4v) is 5.42. The van der Waals surface area contributed by atoms with Crippen LogP contribution in [0, 0.1) is 12.7 Å². The highest BCUT2D eigenvalue weighted by Crippen LogP contribution is 2.39. The molecule has 0 bridgehead atoms. The third kappa shape index (κ3) is 5.06. The lowest BCUT2D eigenvalue weighted by molar-refractivity contribution is -0.120. The maximum atomic E-state index is 13.8. The van der Waals surface area contributed by atoms with Crippen molar-refractivity contribution in [3.8, 4) is 0 Å². The minimum atomic E-state index is -0.243. The minimum absolute atomic E-state index is 0.101. The molecule has 2 aliphatic rings. The maximum absolute atomic E-state index is 13.8. The van der Waals surface area contributed by atoms with Crippen LogP contribution in [-0.2, 0) is 23.2 Å². The van der Waals surface area contributed by atoms with Gasteiger partial charge in [-0.2, -0.15) is 0 Å². The number of aryl methyl sites for hydroxylation is 1. The molecule has 0 spiro atoms. The van der Waals surface area contributed by atoms with Crippen LogP contribution < -0.4 is 10.2 Å². The summed E-state index contributed by atoms with van der Waals surface area (Å²) in [6.07, 6.45) is 6.36. The highest BCUT2D eigenvalue weighted by atomic mass is 19.1. The number of amides is 1. The van der Waals surface area contributed by atoms with Crippen LogP contribution in [-0.4, -0.2) is 63.6 Å². The molecular formula is C28H35FN6O. The summed E-state index contributed by atoms with van der Waals surface area (Å²) in [5.74, 6) is 0.840. The zero-order valence-electron chi connectivity index (χ0n) is 21.5. The number of benzene rings is 1. The molecule has 2 aliphatic heterocycles. The fraction of sp³-hybridized carbons (Fsp3) is 0.464. The van der Waals surface area contributed by atoms with E-state index in [4.69, 9.17) is 4.98 Å². The Balaban J connectivity index is 1.36. The highest BCUT2D eigenvalue weighted by Gasteiger charge is 2.40. The second kappa shape index (κ2) is 9.75. The second-order valence-electron chi connectivity index (χ2n) is 10.9. The van der Waals surface area contributed by atoms with E-state index >= 15 is 0 Å². The van der Waals surface area contributed by atoms with Crippen molar-refractivity contribution < 1.29 is 9.18 Å². The molecule has 5 rings (SSSR count). The molecule has 1 N–H and O–H groups in total. The Morgan fingerprint density at radius 2 is 1.97 bits per heavy atom. The van der Waals surface area contributed by atoms with Crippen LogP contribution in [0.1, 0.15) is 43.4 Å². The Kier molecular flexibility index (Phi) is 6.66. The van der Waals surface area contributed by atoms with E-state index in [1.165, 1.54) is 12.1 Å². The van der Waals surface area contributed by atoms with E-state index in [2.05, 4.69) is 46.6 Å².